The van der Waals surface area contributed by atoms with E-state index in [-0.39, 0.29) is 5.91 Å². The molecule has 2 aromatic heterocycles. The number of nitrogens with one attached hydrogen (secondary N) is 1. The van der Waals surface area contributed by atoms with Crippen LogP contribution in [-0.2, 0) is 6.54 Å². The minimum Gasteiger partial charge on any atom is -0.347 e. The molecule has 0 aromatic carbocycles. The van der Waals surface area contributed by atoms with Crippen LogP contribution in [0.1, 0.15) is 45.4 Å². The topological polar surface area (TPSA) is 54.9 Å². The maximum Gasteiger partial charge on any atom is 0.271 e. The Kier molecular flexibility index (Phi) is 3.29. The number of hydrogen-bond acceptors (Lipinski definition) is 4. The Hall–Kier alpha value is -1.75. The Morgan fingerprint density at radius 1 is 1.47 bits per heavy atom. The standard InChI is InChI=1S/C14H15N3OS/c1-9-17-13(8-19-9)14(18)16-6-10-4-12(7-15-5-10)11-2-3-11/h4-5,7-8,11H,2-3,6H2,1H3,(H,16,18). The average Bonchev–Trinajstić information content (AvgIpc) is 3.19. The summed E-state index contributed by atoms with van der Waals surface area (Å²) in [5.74, 6) is 0.561. The number of hydrogen-bond donors (Lipinski definition) is 1. The molecule has 0 unspecified atom stereocenters. The van der Waals surface area contributed by atoms with Gasteiger partial charge in [-0.1, -0.05) is 6.07 Å². The monoisotopic (exact) mass is 273 g/mol. The molecule has 4 nitrogen and oxygen atoms in total. The summed E-state index contributed by atoms with van der Waals surface area (Å²) in [5.41, 5.74) is 2.83. The van der Waals surface area contributed by atoms with E-state index in [1.807, 2.05) is 13.1 Å². The van der Waals surface area contributed by atoms with Crippen molar-refractivity contribution in [3.8, 4) is 0 Å². The number of rotatable bonds is 4. The van der Waals surface area contributed by atoms with Crippen molar-refractivity contribution in [2.75, 3.05) is 0 Å². The van der Waals surface area contributed by atoms with Gasteiger partial charge in [0.1, 0.15) is 5.69 Å². The first-order chi connectivity index (χ1) is 9.22. The molecule has 0 atom stereocenters. The third-order valence-corrected chi connectivity index (χ3v) is 3.94. The Bertz CT molecular complexity index is 604. The van der Waals surface area contributed by atoms with Crippen LogP contribution in [0.5, 0.6) is 0 Å². The van der Waals surface area contributed by atoms with E-state index >= 15 is 0 Å². The van der Waals surface area contributed by atoms with Gasteiger partial charge in [0.15, 0.2) is 0 Å². The van der Waals surface area contributed by atoms with E-state index in [9.17, 15) is 4.79 Å². The van der Waals surface area contributed by atoms with Crippen molar-refractivity contribution >= 4 is 17.2 Å². The number of nitrogens with zero attached hydrogens (tertiary/aromatic N) is 2. The highest BCUT2D eigenvalue weighted by atomic mass is 32.1. The SMILES string of the molecule is Cc1nc(C(=O)NCc2cncc(C3CC3)c2)cs1. The normalized spacial score (nSPS) is 14.4. The number of pyridine rings is 1. The first kappa shape index (κ1) is 12.3. The van der Waals surface area contributed by atoms with Crippen molar-refractivity contribution in [1.29, 1.82) is 0 Å². The summed E-state index contributed by atoms with van der Waals surface area (Å²) in [6.45, 7) is 2.40. The molecule has 2 heterocycles. The van der Waals surface area contributed by atoms with E-state index in [0.717, 1.165) is 10.6 Å². The van der Waals surface area contributed by atoms with Gasteiger partial charge in [-0.3, -0.25) is 9.78 Å². The van der Waals surface area contributed by atoms with Crippen LogP contribution in [-0.4, -0.2) is 15.9 Å². The van der Waals surface area contributed by atoms with Crippen LogP contribution in [0.15, 0.2) is 23.8 Å². The lowest BCUT2D eigenvalue weighted by atomic mass is 10.1. The Balaban J connectivity index is 1.62. The van der Waals surface area contributed by atoms with Crippen LogP contribution in [0, 0.1) is 6.92 Å². The lowest BCUT2D eigenvalue weighted by molar-refractivity contribution is 0.0946. The zero-order valence-electron chi connectivity index (χ0n) is 10.7. The van der Waals surface area contributed by atoms with Gasteiger partial charge in [0.25, 0.3) is 5.91 Å². The maximum atomic E-state index is 11.9. The lowest BCUT2D eigenvalue weighted by Crippen LogP contribution is -2.23. The number of thiazole rings is 1. The van der Waals surface area contributed by atoms with Gasteiger partial charge in [-0.15, -0.1) is 11.3 Å². The second-order valence-corrected chi connectivity index (χ2v) is 5.90. The van der Waals surface area contributed by atoms with Gasteiger partial charge in [-0.05, 0) is 36.8 Å². The third-order valence-electron chi connectivity index (χ3n) is 3.17. The number of amides is 1. The summed E-state index contributed by atoms with van der Waals surface area (Å²) in [7, 11) is 0. The molecule has 0 aliphatic heterocycles. The predicted octanol–water partition coefficient (Wildman–Crippen LogP) is 2.65. The van der Waals surface area contributed by atoms with Crippen molar-refractivity contribution in [2.45, 2.75) is 32.2 Å². The molecule has 1 N–H and O–H groups in total. The van der Waals surface area contributed by atoms with Crippen LogP contribution in [0.3, 0.4) is 0 Å². The average molecular weight is 273 g/mol. The fourth-order valence-electron chi connectivity index (χ4n) is 1.98. The minimum absolute atomic E-state index is 0.124. The number of carbonyl (C=O) groups is 1. The highest BCUT2D eigenvalue weighted by Crippen LogP contribution is 2.39. The molecule has 98 valence electrons. The molecular weight excluding hydrogens is 258 g/mol. The lowest BCUT2D eigenvalue weighted by Gasteiger charge is -2.05. The zero-order valence-corrected chi connectivity index (χ0v) is 11.5. The van der Waals surface area contributed by atoms with Gasteiger partial charge >= 0.3 is 0 Å². The van der Waals surface area contributed by atoms with Gasteiger partial charge in [0, 0.05) is 24.3 Å². The molecule has 1 saturated carbocycles. The molecule has 1 fully saturated rings. The van der Waals surface area contributed by atoms with Crippen LogP contribution >= 0.6 is 11.3 Å². The van der Waals surface area contributed by atoms with Crippen molar-refractivity contribution in [1.82, 2.24) is 15.3 Å². The second kappa shape index (κ2) is 5.09. The van der Waals surface area contributed by atoms with Gasteiger partial charge in [-0.25, -0.2) is 4.98 Å². The highest BCUT2D eigenvalue weighted by molar-refractivity contribution is 7.09. The quantitative estimate of drug-likeness (QED) is 0.931. The van der Waals surface area contributed by atoms with Gasteiger partial charge in [0.2, 0.25) is 0 Å². The molecule has 0 saturated heterocycles. The predicted molar refractivity (Wildman–Crippen MR) is 74.2 cm³/mol. The first-order valence-electron chi connectivity index (χ1n) is 6.36. The summed E-state index contributed by atoms with van der Waals surface area (Å²) < 4.78 is 0. The first-order valence-corrected chi connectivity index (χ1v) is 7.24. The molecule has 5 heteroatoms. The summed E-state index contributed by atoms with van der Waals surface area (Å²) in [4.78, 5) is 20.3. The summed E-state index contributed by atoms with van der Waals surface area (Å²) in [6, 6.07) is 2.14. The number of aromatic nitrogens is 2. The van der Waals surface area contributed by atoms with Crippen LogP contribution in [0.4, 0.5) is 0 Å². The van der Waals surface area contributed by atoms with Gasteiger partial charge in [0.05, 0.1) is 5.01 Å². The van der Waals surface area contributed by atoms with Gasteiger partial charge < -0.3 is 5.32 Å². The number of carbonyl (C=O) groups excluding carboxylic acids is 1. The largest absolute Gasteiger partial charge is 0.347 e. The van der Waals surface area contributed by atoms with E-state index in [1.54, 1.807) is 11.6 Å². The summed E-state index contributed by atoms with van der Waals surface area (Å²) in [6.07, 6.45) is 6.25. The van der Waals surface area contributed by atoms with E-state index in [2.05, 4.69) is 21.4 Å². The Morgan fingerprint density at radius 2 is 2.32 bits per heavy atom. The fraction of sp³-hybridized carbons (Fsp3) is 0.357. The highest BCUT2D eigenvalue weighted by Gasteiger charge is 2.23. The van der Waals surface area contributed by atoms with Crippen LogP contribution in [0.25, 0.3) is 0 Å². The third kappa shape index (κ3) is 2.98. The van der Waals surface area contributed by atoms with Crippen LogP contribution < -0.4 is 5.32 Å². The molecule has 0 spiro atoms. The molecule has 1 aliphatic rings. The van der Waals surface area contributed by atoms with E-state index in [0.29, 0.717) is 18.2 Å². The Labute approximate surface area is 115 Å². The Morgan fingerprint density at radius 3 is 3.00 bits per heavy atom. The summed E-state index contributed by atoms with van der Waals surface area (Å²) >= 11 is 1.48. The number of aryl methyl sites for hydroxylation is 1. The van der Waals surface area contributed by atoms with Crippen molar-refractivity contribution in [2.24, 2.45) is 0 Å². The minimum atomic E-state index is -0.124. The smallest absolute Gasteiger partial charge is 0.271 e. The molecule has 3 rings (SSSR count). The van der Waals surface area contributed by atoms with Gasteiger partial charge in [-0.2, -0.15) is 0 Å². The van der Waals surface area contributed by atoms with Crippen molar-refractivity contribution in [3.63, 3.8) is 0 Å². The fourth-order valence-corrected chi connectivity index (χ4v) is 2.58. The second-order valence-electron chi connectivity index (χ2n) is 4.84. The van der Waals surface area contributed by atoms with Crippen LogP contribution in [0.2, 0.25) is 0 Å². The molecular formula is C14H15N3OS. The van der Waals surface area contributed by atoms with E-state index in [4.69, 9.17) is 0 Å². The molecule has 2 aromatic rings. The van der Waals surface area contributed by atoms with E-state index < -0.39 is 0 Å². The molecule has 19 heavy (non-hydrogen) atoms. The maximum absolute atomic E-state index is 11.9. The molecule has 1 aliphatic carbocycles. The molecule has 1 amide bonds. The zero-order chi connectivity index (χ0) is 13.2. The van der Waals surface area contributed by atoms with Crippen molar-refractivity contribution < 1.29 is 4.79 Å². The summed E-state index contributed by atoms with van der Waals surface area (Å²) in [5, 5.41) is 5.57. The van der Waals surface area contributed by atoms with E-state index in [1.165, 1.54) is 29.7 Å². The molecule has 0 bridgehead atoms. The molecule has 0 radical (unpaired) electrons. The van der Waals surface area contributed by atoms with Crippen molar-refractivity contribution in [3.05, 3.63) is 45.7 Å².